The van der Waals surface area contributed by atoms with E-state index < -0.39 is 0 Å². The molecule has 0 aliphatic heterocycles. The van der Waals surface area contributed by atoms with Gasteiger partial charge in [-0.15, -0.1) is 0 Å². The van der Waals surface area contributed by atoms with E-state index in [9.17, 15) is 4.79 Å². The Balaban J connectivity index is 1.98. The maximum Gasteiger partial charge on any atom is 0.234 e. The molecule has 0 spiro atoms. The summed E-state index contributed by atoms with van der Waals surface area (Å²) in [5.74, 6) is 0.178. The Labute approximate surface area is 130 Å². The van der Waals surface area contributed by atoms with Gasteiger partial charge >= 0.3 is 0 Å². The highest BCUT2D eigenvalue weighted by molar-refractivity contribution is 9.10. The highest BCUT2D eigenvalue weighted by Gasteiger charge is 2.09. The predicted octanol–water partition coefficient (Wildman–Crippen LogP) is 3.47. The summed E-state index contributed by atoms with van der Waals surface area (Å²) in [5, 5.41) is 3.63. The number of benzene rings is 1. The first kappa shape index (κ1) is 14.9. The van der Waals surface area contributed by atoms with E-state index in [1.54, 1.807) is 12.3 Å². The van der Waals surface area contributed by atoms with Crippen molar-refractivity contribution in [3.8, 4) is 0 Å². The van der Waals surface area contributed by atoms with E-state index in [2.05, 4.69) is 26.2 Å². The van der Waals surface area contributed by atoms with Gasteiger partial charge in [0, 0.05) is 10.7 Å². The van der Waals surface area contributed by atoms with E-state index in [1.165, 1.54) is 11.8 Å². The Bertz CT molecular complexity index is 613. The molecule has 0 aliphatic rings. The van der Waals surface area contributed by atoms with Crippen LogP contribution in [0.25, 0.3) is 0 Å². The number of aromatic nitrogens is 1. The highest BCUT2D eigenvalue weighted by atomic mass is 79.9. The van der Waals surface area contributed by atoms with Crippen LogP contribution in [0.1, 0.15) is 5.56 Å². The van der Waals surface area contributed by atoms with E-state index in [0.29, 0.717) is 11.4 Å². The number of thioether (sulfide) groups is 1. The molecule has 0 atom stereocenters. The molecule has 1 aromatic carbocycles. The predicted molar refractivity (Wildman–Crippen MR) is 86.9 cm³/mol. The van der Waals surface area contributed by atoms with Gasteiger partial charge in [-0.2, -0.15) is 0 Å². The smallest absolute Gasteiger partial charge is 0.234 e. The van der Waals surface area contributed by atoms with E-state index in [0.717, 1.165) is 15.1 Å². The zero-order valence-corrected chi connectivity index (χ0v) is 13.3. The molecule has 6 heteroatoms. The lowest BCUT2D eigenvalue weighted by molar-refractivity contribution is -0.113. The third-order valence-electron chi connectivity index (χ3n) is 2.63. The van der Waals surface area contributed by atoms with Gasteiger partial charge < -0.3 is 11.1 Å². The molecular formula is C14H14BrN3OS. The number of halogens is 1. The lowest BCUT2D eigenvalue weighted by Crippen LogP contribution is -2.16. The van der Waals surface area contributed by atoms with Crippen molar-refractivity contribution in [1.82, 2.24) is 4.98 Å². The molecule has 1 aromatic heterocycles. The highest BCUT2D eigenvalue weighted by Crippen LogP contribution is 2.26. The molecule has 2 aromatic rings. The van der Waals surface area contributed by atoms with Gasteiger partial charge in [-0.25, -0.2) is 4.98 Å². The first-order valence-electron chi connectivity index (χ1n) is 5.96. The standard InChI is InChI=1S/C14H14BrN3OS/c1-9-4-2-6-11(16)13(9)18-12(19)8-20-14-10(15)5-3-7-17-14/h2-7H,8,16H2,1H3,(H,18,19). The van der Waals surface area contributed by atoms with Crippen LogP contribution in [0.4, 0.5) is 11.4 Å². The number of aryl methyl sites for hydroxylation is 1. The number of para-hydroxylation sites is 1. The number of nitrogens with zero attached hydrogens (tertiary/aromatic N) is 1. The molecule has 1 heterocycles. The molecule has 0 radical (unpaired) electrons. The summed E-state index contributed by atoms with van der Waals surface area (Å²) in [6.07, 6.45) is 1.70. The maximum atomic E-state index is 12.0. The zero-order valence-electron chi connectivity index (χ0n) is 10.9. The van der Waals surface area contributed by atoms with Gasteiger partial charge in [0.2, 0.25) is 5.91 Å². The number of nitrogen functional groups attached to an aromatic ring is 1. The Morgan fingerprint density at radius 2 is 2.20 bits per heavy atom. The van der Waals surface area contributed by atoms with Gasteiger partial charge in [-0.3, -0.25) is 4.79 Å². The number of nitrogens with one attached hydrogen (secondary N) is 1. The van der Waals surface area contributed by atoms with Gasteiger partial charge in [-0.1, -0.05) is 23.9 Å². The average Bonchev–Trinajstić information content (AvgIpc) is 2.42. The molecule has 0 saturated heterocycles. The minimum Gasteiger partial charge on any atom is -0.397 e. The number of hydrogen-bond acceptors (Lipinski definition) is 4. The van der Waals surface area contributed by atoms with Crippen LogP contribution in [0.5, 0.6) is 0 Å². The largest absolute Gasteiger partial charge is 0.397 e. The average molecular weight is 352 g/mol. The molecule has 2 rings (SSSR count). The van der Waals surface area contributed by atoms with Crippen molar-refractivity contribution in [3.05, 3.63) is 46.6 Å². The summed E-state index contributed by atoms with van der Waals surface area (Å²) >= 11 is 4.78. The summed E-state index contributed by atoms with van der Waals surface area (Å²) in [7, 11) is 0. The molecule has 1 amide bonds. The maximum absolute atomic E-state index is 12.0. The lowest BCUT2D eigenvalue weighted by atomic mass is 10.1. The summed E-state index contributed by atoms with van der Waals surface area (Å²) in [5.41, 5.74) is 8.06. The Morgan fingerprint density at radius 1 is 1.40 bits per heavy atom. The number of carbonyl (C=O) groups is 1. The Hall–Kier alpha value is -1.53. The number of nitrogens with two attached hydrogens (primary N) is 1. The summed E-state index contributed by atoms with van der Waals surface area (Å²) in [4.78, 5) is 16.2. The molecule has 3 N–H and O–H groups in total. The van der Waals surface area contributed by atoms with Crippen molar-refractivity contribution >= 4 is 45.0 Å². The van der Waals surface area contributed by atoms with E-state index in [-0.39, 0.29) is 11.7 Å². The van der Waals surface area contributed by atoms with Crippen molar-refractivity contribution in [2.24, 2.45) is 0 Å². The second-order valence-electron chi connectivity index (χ2n) is 4.17. The van der Waals surface area contributed by atoms with Crippen LogP contribution >= 0.6 is 27.7 Å². The van der Waals surface area contributed by atoms with Gasteiger partial charge in [0.1, 0.15) is 5.03 Å². The number of carbonyl (C=O) groups excluding carboxylic acids is 1. The first-order chi connectivity index (χ1) is 9.58. The van der Waals surface area contributed by atoms with Crippen LogP contribution in [0.15, 0.2) is 46.0 Å². The fraction of sp³-hybridized carbons (Fsp3) is 0.143. The molecule has 20 heavy (non-hydrogen) atoms. The summed E-state index contributed by atoms with van der Waals surface area (Å²) in [6, 6.07) is 9.27. The van der Waals surface area contributed by atoms with Gasteiger partial charge in [0.15, 0.2) is 0 Å². The molecular weight excluding hydrogens is 338 g/mol. The second kappa shape index (κ2) is 6.76. The fourth-order valence-corrected chi connectivity index (χ4v) is 2.93. The van der Waals surface area contributed by atoms with Crippen molar-refractivity contribution in [3.63, 3.8) is 0 Å². The van der Waals surface area contributed by atoms with Crippen molar-refractivity contribution < 1.29 is 4.79 Å². The van der Waals surface area contributed by atoms with E-state index >= 15 is 0 Å². The summed E-state index contributed by atoms with van der Waals surface area (Å²) in [6.45, 7) is 1.91. The van der Waals surface area contributed by atoms with Crippen molar-refractivity contribution in [2.45, 2.75) is 11.9 Å². The lowest BCUT2D eigenvalue weighted by Gasteiger charge is -2.11. The van der Waals surface area contributed by atoms with E-state index in [1.807, 2.05) is 31.2 Å². The second-order valence-corrected chi connectivity index (χ2v) is 5.98. The third-order valence-corrected chi connectivity index (χ3v) is 4.54. The van der Waals surface area contributed by atoms with Crippen LogP contribution in [-0.4, -0.2) is 16.6 Å². The van der Waals surface area contributed by atoms with Crippen LogP contribution in [0.3, 0.4) is 0 Å². The molecule has 0 fully saturated rings. The molecule has 104 valence electrons. The quantitative estimate of drug-likeness (QED) is 0.653. The minimum absolute atomic E-state index is 0.103. The van der Waals surface area contributed by atoms with E-state index in [4.69, 9.17) is 5.73 Å². The SMILES string of the molecule is Cc1cccc(N)c1NC(=O)CSc1ncccc1Br. The third kappa shape index (κ3) is 3.74. The first-order valence-corrected chi connectivity index (χ1v) is 7.74. The monoisotopic (exact) mass is 351 g/mol. The van der Waals surface area contributed by atoms with Gasteiger partial charge in [0.05, 0.1) is 17.1 Å². The number of amides is 1. The van der Waals surface area contributed by atoms with Crippen molar-refractivity contribution in [1.29, 1.82) is 0 Å². The molecule has 0 saturated carbocycles. The molecule has 0 bridgehead atoms. The van der Waals surface area contributed by atoms with Gasteiger partial charge in [0.25, 0.3) is 0 Å². The molecule has 0 unspecified atom stereocenters. The number of pyridine rings is 1. The van der Waals surface area contributed by atoms with Crippen LogP contribution in [0.2, 0.25) is 0 Å². The molecule has 0 aliphatic carbocycles. The topological polar surface area (TPSA) is 68.0 Å². The normalized spacial score (nSPS) is 10.3. The Morgan fingerprint density at radius 3 is 2.90 bits per heavy atom. The van der Waals surface area contributed by atoms with Crippen LogP contribution < -0.4 is 11.1 Å². The van der Waals surface area contributed by atoms with Crippen molar-refractivity contribution in [2.75, 3.05) is 16.8 Å². The summed E-state index contributed by atoms with van der Waals surface area (Å²) < 4.78 is 0.883. The van der Waals surface area contributed by atoms with Gasteiger partial charge in [-0.05, 0) is 46.6 Å². The number of anilines is 2. The zero-order chi connectivity index (χ0) is 14.5. The Kier molecular flexibility index (Phi) is 5.03. The number of hydrogen-bond donors (Lipinski definition) is 2. The number of rotatable bonds is 4. The van der Waals surface area contributed by atoms with Crippen LogP contribution in [0, 0.1) is 6.92 Å². The van der Waals surface area contributed by atoms with Crippen LogP contribution in [-0.2, 0) is 4.79 Å². The fourth-order valence-electron chi connectivity index (χ4n) is 1.65. The minimum atomic E-state index is -0.103. The molecule has 4 nitrogen and oxygen atoms in total.